The minimum absolute atomic E-state index is 0.442. The lowest BCUT2D eigenvalue weighted by molar-refractivity contribution is 0.161. The molecule has 0 saturated carbocycles. The molecule has 1 atom stereocenters. The number of nitrogens with two attached hydrogens (primary N) is 1. The van der Waals surface area contributed by atoms with Crippen LogP contribution in [0.4, 0.5) is 0 Å². The van der Waals surface area contributed by atoms with E-state index in [1.807, 2.05) is 6.92 Å². The Morgan fingerprint density at radius 1 is 1.67 bits per heavy atom. The van der Waals surface area contributed by atoms with Gasteiger partial charge >= 0.3 is 0 Å². The van der Waals surface area contributed by atoms with E-state index in [1.54, 1.807) is 0 Å². The summed E-state index contributed by atoms with van der Waals surface area (Å²) >= 11 is 0. The second-order valence-electron chi connectivity index (χ2n) is 2.59. The van der Waals surface area contributed by atoms with Crippen LogP contribution < -0.4 is 5.73 Å². The van der Waals surface area contributed by atoms with Gasteiger partial charge in [0.15, 0.2) is 5.82 Å². The van der Waals surface area contributed by atoms with Crippen LogP contribution in [0.1, 0.15) is 31.1 Å². The molecule has 0 aliphatic rings. The molecule has 1 heterocycles. The number of aliphatic hydroxyl groups excluding tert-OH is 1. The molecule has 0 amide bonds. The van der Waals surface area contributed by atoms with Crippen molar-refractivity contribution in [1.29, 1.82) is 0 Å². The fourth-order valence-corrected chi connectivity index (χ4v) is 0.904. The van der Waals surface area contributed by atoms with Crippen molar-refractivity contribution in [2.24, 2.45) is 5.73 Å². The van der Waals surface area contributed by atoms with Crippen LogP contribution in [0.2, 0.25) is 0 Å². The summed E-state index contributed by atoms with van der Waals surface area (Å²) in [6.07, 6.45) is 0.662. The first-order valence-corrected chi connectivity index (χ1v) is 4.07. The zero-order valence-electron chi connectivity index (χ0n) is 7.12. The summed E-state index contributed by atoms with van der Waals surface area (Å²) in [6, 6.07) is 0. The van der Waals surface area contributed by atoms with Crippen molar-refractivity contribution >= 4 is 0 Å². The number of aromatic amines is 1. The normalized spacial score (nSPS) is 13.2. The summed E-state index contributed by atoms with van der Waals surface area (Å²) in [6.45, 7) is 2.41. The van der Waals surface area contributed by atoms with Crippen LogP contribution in [0.15, 0.2) is 0 Å². The molecule has 68 valence electrons. The molecular formula is C7H14N4O. The highest BCUT2D eigenvalue weighted by Crippen LogP contribution is 2.10. The molecule has 0 aliphatic carbocycles. The number of H-pyrrole nitrogens is 1. The third kappa shape index (κ3) is 2.02. The maximum atomic E-state index is 9.40. The monoisotopic (exact) mass is 170 g/mol. The maximum absolute atomic E-state index is 9.40. The Morgan fingerprint density at radius 3 is 2.92 bits per heavy atom. The molecule has 0 saturated heterocycles. The van der Waals surface area contributed by atoms with Gasteiger partial charge in [-0.3, -0.25) is 5.10 Å². The zero-order chi connectivity index (χ0) is 8.97. The molecule has 4 N–H and O–H groups in total. The van der Waals surface area contributed by atoms with Gasteiger partial charge in [-0.2, -0.15) is 5.10 Å². The lowest BCUT2D eigenvalue weighted by Crippen LogP contribution is -2.08. The van der Waals surface area contributed by atoms with Gasteiger partial charge in [0.25, 0.3) is 0 Å². The second kappa shape index (κ2) is 4.18. The molecular weight excluding hydrogens is 156 g/mol. The third-order valence-electron chi connectivity index (χ3n) is 1.62. The van der Waals surface area contributed by atoms with Crippen molar-refractivity contribution in [3.8, 4) is 0 Å². The Bertz CT molecular complexity index is 235. The SMILES string of the molecule is CCc1nc([C@@H](O)CCN)n[nH]1. The minimum atomic E-state index is -0.633. The molecule has 0 unspecified atom stereocenters. The number of rotatable bonds is 4. The molecule has 12 heavy (non-hydrogen) atoms. The molecule has 0 fully saturated rings. The fourth-order valence-electron chi connectivity index (χ4n) is 0.904. The van der Waals surface area contributed by atoms with Crippen molar-refractivity contribution in [2.45, 2.75) is 25.9 Å². The highest BCUT2D eigenvalue weighted by molar-refractivity contribution is 4.93. The van der Waals surface area contributed by atoms with E-state index in [2.05, 4.69) is 15.2 Å². The van der Waals surface area contributed by atoms with Gasteiger partial charge in [-0.15, -0.1) is 0 Å². The van der Waals surface area contributed by atoms with Crippen LogP contribution >= 0.6 is 0 Å². The Labute approximate surface area is 71.0 Å². The van der Waals surface area contributed by atoms with Crippen LogP contribution in [-0.2, 0) is 6.42 Å². The van der Waals surface area contributed by atoms with Crippen molar-refractivity contribution < 1.29 is 5.11 Å². The molecule has 1 aromatic rings. The van der Waals surface area contributed by atoms with Gasteiger partial charge in [-0.25, -0.2) is 4.98 Å². The summed E-state index contributed by atoms with van der Waals surface area (Å²) in [4.78, 5) is 4.08. The quantitative estimate of drug-likeness (QED) is 0.581. The van der Waals surface area contributed by atoms with Crippen molar-refractivity contribution in [2.75, 3.05) is 6.54 Å². The lowest BCUT2D eigenvalue weighted by Gasteiger charge is -2.01. The Morgan fingerprint density at radius 2 is 2.42 bits per heavy atom. The van der Waals surface area contributed by atoms with Gasteiger partial charge < -0.3 is 10.8 Å². The maximum Gasteiger partial charge on any atom is 0.179 e. The largest absolute Gasteiger partial charge is 0.385 e. The fraction of sp³-hybridized carbons (Fsp3) is 0.714. The standard InChI is InChI=1S/C7H14N4O/c1-2-6-9-7(11-10-6)5(12)3-4-8/h5,12H,2-4,8H2,1H3,(H,9,10,11)/t5-/m0/s1. The van der Waals surface area contributed by atoms with Crippen molar-refractivity contribution in [3.63, 3.8) is 0 Å². The van der Waals surface area contributed by atoms with Gasteiger partial charge in [-0.05, 0) is 13.0 Å². The van der Waals surface area contributed by atoms with Gasteiger partial charge in [0.1, 0.15) is 11.9 Å². The van der Waals surface area contributed by atoms with Crippen molar-refractivity contribution in [3.05, 3.63) is 11.6 Å². The topological polar surface area (TPSA) is 87.8 Å². The van der Waals surface area contributed by atoms with Crippen LogP contribution in [0.5, 0.6) is 0 Å². The zero-order valence-corrected chi connectivity index (χ0v) is 7.12. The van der Waals surface area contributed by atoms with Crippen LogP contribution in [0, 0.1) is 0 Å². The highest BCUT2D eigenvalue weighted by Gasteiger charge is 2.11. The van der Waals surface area contributed by atoms with E-state index in [4.69, 9.17) is 5.73 Å². The average Bonchev–Trinajstić information content (AvgIpc) is 2.52. The van der Waals surface area contributed by atoms with E-state index in [0.29, 0.717) is 18.8 Å². The molecule has 5 nitrogen and oxygen atoms in total. The molecule has 0 spiro atoms. The summed E-state index contributed by atoms with van der Waals surface area (Å²) in [7, 11) is 0. The van der Waals surface area contributed by atoms with E-state index in [9.17, 15) is 5.11 Å². The summed E-state index contributed by atoms with van der Waals surface area (Å²) in [5.41, 5.74) is 5.28. The Kier molecular flexibility index (Phi) is 3.19. The molecule has 0 bridgehead atoms. The number of nitrogens with one attached hydrogen (secondary N) is 1. The lowest BCUT2D eigenvalue weighted by atomic mass is 10.2. The summed E-state index contributed by atoms with van der Waals surface area (Å²) in [5.74, 6) is 1.23. The molecule has 1 rings (SSSR count). The number of hydrogen-bond acceptors (Lipinski definition) is 4. The van der Waals surface area contributed by atoms with Crippen LogP contribution in [0.3, 0.4) is 0 Å². The summed E-state index contributed by atoms with van der Waals surface area (Å²) < 4.78 is 0. The van der Waals surface area contributed by atoms with E-state index in [-0.39, 0.29) is 0 Å². The molecule has 0 radical (unpaired) electrons. The van der Waals surface area contributed by atoms with E-state index in [1.165, 1.54) is 0 Å². The summed E-state index contributed by atoms with van der Waals surface area (Å²) in [5, 5.41) is 16.0. The predicted molar refractivity (Wildman–Crippen MR) is 44.4 cm³/mol. The first kappa shape index (κ1) is 9.15. The van der Waals surface area contributed by atoms with E-state index >= 15 is 0 Å². The van der Waals surface area contributed by atoms with E-state index < -0.39 is 6.10 Å². The number of hydrogen-bond donors (Lipinski definition) is 3. The first-order valence-electron chi connectivity index (χ1n) is 4.07. The molecule has 0 aliphatic heterocycles. The molecule has 5 heteroatoms. The van der Waals surface area contributed by atoms with Crippen molar-refractivity contribution in [1.82, 2.24) is 15.2 Å². The smallest absolute Gasteiger partial charge is 0.179 e. The number of aryl methyl sites for hydroxylation is 1. The third-order valence-corrected chi connectivity index (χ3v) is 1.62. The number of nitrogens with zero attached hydrogens (tertiary/aromatic N) is 2. The van der Waals surface area contributed by atoms with Crippen LogP contribution in [0.25, 0.3) is 0 Å². The average molecular weight is 170 g/mol. The second-order valence-corrected chi connectivity index (χ2v) is 2.59. The van der Waals surface area contributed by atoms with E-state index in [0.717, 1.165) is 12.2 Å². The van der Waals surface area contributed by atoms with Gasteiger partial charge in [-0.1, -0.05) is 6.92 Å². The van der Waals surface area contributed by atoms with Crippen LogP contribution in [-0.4, -0.2) is 26.8 Å². The number of aromatic nitrogens is 3. The Balaban J connectivity index is 2.61. The van der Waals surface area contributed by atoms with Gasteiger partial charge in [0.05, 0.1) is 0 Å². The number of aliphatic hydroxyl groups is 1. The van der Waals surface area contributed by atoms with Gasteiger partial charge in [0, 0.05) is 6.42 Å². The highest BCUT2D eigenvalue weighted by atomic mass is 16.3. The first-order chi connectivity index (χ1) is 5.77. The molecule has 1 aromatic heterocycles. The minimum Gasteiger partial charge on any atom is -0.385 e. The molecule has 0 aromatic carbocycles. The van der Waals surface area contributed by atoms with Gasteiger partial charge in [0.2, 0.25) is 0 Å². The predicted octanol–water partition coefficient (Wildman–Crippen LogP) is -0.251. The Hall–Kier alpha value is -0.940.